The number of esters is 1. The Morgan fingerprint density at radius 2 is 1.93 bits per heavy atom. The van der Waals surface area contributed by atoms with E-state index in [-0.39, 0.29) is 19.3 Å². The van der Waals surface area contributed by atoms with Crippen LogP contribution in [0.2, 0.25) is 0 Å². The summed E-state index contributed by atoms with van der Waals surface area (Å²) in [5.74, 6) is -0.403. The summed E-state index contributed by atoms with van der Waals surface area (Å²) < 4.78 is 14.3. The van der Waals surface area contributed by atoms with Crippen LogP contribution in [0.1, 0.15) is 20.8 Å². The van der Waals surface area contributed by atoms with Crippen molar-refractivity contribution >= 4 is 12.1 Å². The molecule has 0 bridgehead atoms. The molecule has 1 aliphatic heterocycles. The fourth-order valence-electron chi connectivity index (χ4n) is 0.994. The van der Waals surface area contributed by atoms with Crippen LogP contribution in [0.5, 0.6) is 0 Å². The van der Waals surface area contributed by atoms with E-state index in [1.807, 2.05) is 0 Å². The summed E-state index contributed by atoms with van der Waals surface area (Å²) in [6, 6.07) is 0. The molecule has 0 aromatic carbocycles. The first-order chi connectivity index (χ1) is 6.44. The first-order valence-corrected chi connectivity index (χ1v) is 4.45. The van der Waals surface area contributed by atoms with E-state index in [0.717, 1.165) is 0 Å². The fourth-order valence-corrected chi connectivity index (χ4v) is 0.994. The van der Waals surface area contributed by atoms with Crippen molar-refractivity contribution < 1.29 is 23.8 Å². The van der Waals surface area contributed by atoms with Crippen molar-refractivity contribution in [1.82, 2.24) is 0 Å². The second-order valence-corrected chi connectivity index (χ2v) is 3.84. The van der Waals surface area contributed by atoms with Crippen LogP contribution < -0.4 is 0 Å². The third kappa shape index (κ3) is 2.37. The minimum atomic E-state index is -0.877. The molecule has 0 atom stereocenters. The van der Waals surface area contributed by atoms with Gasteiger partial charge in [-0.3, -0.25) is 4.79 Å². The zero-order valence-electron chi connectivity index (χ0n) is 8.53. The average molecular weight is 202 g/mol. The van der Waals surface area contributed by atoms with E-state index in [9.17, 15) is 9.59 Å². The largest absolute Gasteiger partial charge is 0.508 e. The molecule has 0 aliphatic carbocycles. The Balaban J connectivity index is 2.57. The summed E-state index contributed by atoms with van der Waals surface area (Å²) in [6.45, 7) is 5.19. The topological polar surface area (TPSA) is 61.8 Å². The number of rotatable bonds is 2. The average Bonchev–Trinajstić information content (AvgIpc) is 2.09. The smallest absolute Gasteiger partial charge is 0.462 e. The molecule has 1 aliphatic rings. The molecular weight excluding hydrogens is 188 g/mol. The quantitative estimate of drug-likeness (QED) is 0.628. The van der Waals surface area contributed by atoms with Gasteiger partial charge in [0, 0.05) is 0 Å². The first kappa shape index (κ1) is 10.8. The van der Waals surface area contributed by atoms with Crippen molar-refractivity contribution in [1.29, 1.82) is 0 Å². The molecule has 0 unspecified atom stereocenters. The third-order valence-corrected chi connectivity index (χ3v) is 1.85. The zero-order valence-corrected chi connectivity index (χ0v) is 8.53. The molecule has 0 radical (unpaired) electrons. The lowest BCUT2D eigenvalue weighted by molar-refractivity contribution is -0.169. The molecule has 0 spiro atoms. The molecule has 5 heteroatoms. The summed E-state index contributed by atoms with van der Waals surface area (Å²) >= 11 is 0. The van der Waals surface area contributed by atoms with E-state index in [4.69, 9.17) is 4.74 Å². The van der Waals surface area contributed by atoms with Crippen molar-refractivity contribution in [3.63, 3.8) is 0 Å². The Labute approximate surface area is 82.3 Å². The monoisotopic (exact) mass is 202 g/mol. The molecule has 0 N–H and O–H groups in total. The number of hydrogen-bond acceptors (Lipinski definition) is 5. The lowest BCUT2D eigenvalue weighted by Crippen LogP contribution is -2.44. The van der Waals surface area contributed by atoms with Crippen molar-refractivity contribution in [2.75, 3.05) is 13.2 Å². The van der Waals surface area contributed by atoms with Gasteiger partial charge in [0.25, 0.3) is 0 Å². The molecule has 1 saturated heterocycles. The number of ether oxygens (including phenoxy) is 3. The van der Waals surface area contributed by atoms with Crippen LogP contribution in [0, 0.1) is 5.41 Å². The Bertz CT molecular complexity index is 236. The molecule has 5 nitrogen and oxygen atoms in total. The van der Waals surface area contributed by atoms with Crippen molar-refractivity contribution in [3.05, 3.63) is 0 Å². The van der Waals surface area contributed by atoms with Gasteiger partial charge in [-0.05, 0) is 20.8 Å². The van der Waals surface area contributed by atoms with Crippen molar-refractivity contribution in [2.45, 2.75) is 26.9 Å². The molecule has 80 valence electrons. The van der Waals surface area contributed by atoms with E-state index < -0.39 is 17.5 Å². The second kappa shape index (κ2) is 3.86. The van der Waals surface area contributed by atoms with E-state index in [0.29, 0.717) is 0 Å². The summed E-state index contributed by atoms with van der Waals surface area (Å²) in [6.07, 6.45) is -0.920. The number of hydrogen-bond donors (Lipinski definition) is 0. The molecular formula is C9H14O5. The van der Waals surface area contributed by atoms with Crippen LogP contribution in [-0.4, -0.2) is 31.4 Å². The highest BCUT2D eigenvalue weighted by Crippen LogP contribution is 2.24. The highest BCUT2D eigenvalue weighted by atomic mass is 16.7. The van der Waals surface area contributed by atoms with Gasteiger partial charge >= 0.3 is 12.1 Å². The van der Waals surface area contributed by atoms with Gasteiger partial charge in [0.1, 0.15) is 18.6 Å². The van der Waals surface area contributed by atoms with Gasteiger partial charge in [-0.15, -0.1) is 0 Å². The lowest BCUT2D eigenvalue weighted by Gasteiger charge is -2.30. The summed E-state index contributed by atoms with van der Waals surface area (Å²) in [5, 5.41) is 0. The van der Waals surface area contributed by atoms with E-state index >= 15 is 0 Å². The van der Waals surface area contributed by atoms with Gasteiger partial charge in [-0.2, -0.15) is 0 Å². The SMILES string of the molecule is CC(C)OC(=O)C1(C)COC(=O)OC1. The summed E-state index contributed by atoms with van der Waals surface area (Å²) in [7, 11) is 0. The Morgan fingerprint density at radius 1 is 1.43 bits per heavy atom. The molecule has 0 aromatic rings. The summed E-state index contributed by atoms with van der Waals surface area (Å²) in [5.41, 5.74) is -0.877. The summed E-state index contributed by atoms with van der Waals surface area (Å²) in [4.78, 5) is 22.1. The van der Waals surface area contributed by atoms with Gasteiger partial charge < -0.3 is 14.2 Å². The normalized spacial score (nSPS) is 19.9. The Kier molecular flexibility index (Phi) is 2.98. The predicted molar refractivity (Wildman–Crippen MR) is 46.6 cm³/mol. The van der Waals surface area contributed by atoms with Crippen LogP contribution in [0.15, 0.2) is 0 Å². The minimum absolute atomic E-state index is 0.0113. The minimum Gasteiger partial charge on any atom is -0.462 e. The molecule has 1 fully saturated rings. The van der Waals surface area contributed by atoms with E-state index in [1.165, 1.54) is 0 Å². The van der Waals surface area contributed by atoms with Gasteiger partial charge in [0.2, 0.25) is 0 Å². The first-order valence-electron chi connectivity index (χ1n) is 4.45. The molecule has 0 aromatic heterocycles. The fraction of sp³-hybridized carbons (Fsp3) is 0.778. The maximum absolute atomic E-state index is 11.5. The van der Waals surface area contributed by atoms with Gasteiger partial charge in [-0.25, -0.2) is 4.79 Å². The van der Waals surface area contributed by atoms with Gasteiger partial charge in [0.15, 0.2) is 0 Å². The van der Waals surface area contributed by atoms with Crippen molar-refractivity contribution in [2.24, 2.45) is 5.41 Å². The van der Waals surface area contributed by atoms with Crippen molar-refractivity contribution in [3.8, 4) is 0 Å². The number of cyclic esters (lactones) is 2. The predicted octanol–water partition coefficient (Wildman–Crippen LogP) is 1.11. The van der Waals surface area contributed by atoms with Crippen LogP contribution in [0.4, 0.5) is 4.79 Å². The van der Waals surface area contributed by atoms with E-state index in [2.05, 4.69) is 9.47 Å². The highest BCUT2D eigenvalue weighted by Gasteiger charge is 2.42. The van der Waals surface area contributed by atoms with E-state index in [1.54, 1.807) is 20.8 Å². The maximum atomic E-state index is 11.5. The second-order valence-electron chi connectivity index (χ2n) is 3.84. The molecule has 14 heavy (non-hydrogen) atoms. The van der Waals surface area contributed by atoms with Crippen LogP contribution in [0.25, 0.3) is 0 Å². The Morgan fingerprint density at radius 3 is 2.36 bits per heavy atom. The Hall–Kier alpha value is -1.26. The third-order valence-electron chi connectivity index (χ3n) is 1.85. The zero-order chi connectivity index (χ0) is 10.8. The molecule has 1 rings (SSSR count). The molecule has 1 heterocycles. The number of carbonyl (C=O) groups excluding carboxylic acids is 2. The standard InChI is InChI=1S/C9H14O5/c1-6(2)14-7(10)9(3)4-12-8(11)13-5-9/h6H,4-5H2,1-3H3. The van der Waals surface area contributed by atoms with Crippen LogP contribution >= 0.6 is 0 Å². The van der Waals surface area contributed by atoms with Crippen LogP contribution in [-0.2, 0) is 19.0 Å². The van der Waals surface area contributed by atoms with Gasteiger partial charge in [-0.1, -0.05) is 0 Å². The van der Waals surface area contributed by atoms with Gasteiger partial charge in [0.05, 0.1) is 6.10 Å². The molecule has 0 amide bonds. The highest BCUT2D eigenvalue weighted by molar-refractivity contribution is 5.78. The molecule has 0 saturated carbocycles. The lowest BCUT2D eigenvalue weighted by atomic mass is 9.92. The maximum Gasteiger partial charge on any atom is 0.508 e. The van der Waals surface area contributed by atoms with Crippen LogP contribution in [0.3, 0.4) is 0 Å². The number of carbonyl (C=O) groups is 2.